The molecule has 4 nitrogen and oxygen atoms in total. The largest absolute Gasteiger partial charge is 0.508 e. The molecule has 0 aliphatic heterocycles. The third-order valence-electron chi connectivity index (χ3n) is 1.71. The number of aliphatic hydroxyl groups excluding tert-OH is 2. The highest BCUT2D eigenvalue weighted by Crippen LogP contribution is 2.21. The number of carbonyl (C=O) groups is 1. The molecule has 1 rings (SSSR count). The first-order valence-electron chi connectivity index (χ1n) is 3.80. The minimum Gasteiger partial charge on any atom is -0.508 e. The van der Waals surface area contributed by atoms with Gasteiger partial charge in [0.2, 0.25) is 0 Å². The van der Waals surface area contributed by atoms with Crippen molar-refractivity contribution in [1.82, 2.24) is 0 Å². The Balaban J connectivity index is 2.61. The topological polar surface area (TPSA) is 77.8 Å². The quantitative estimate of drug-likeness (QED) is 0.566. The number of hydrogen-bond donors (Lipinski definition) is 3. The summed E-state index contributed by atoms with van der Waals surface area (Å²) in [7, 11) is 0. The van der Waals surface area contributed by atoms with Gasteiger partial charge in [0.25, 0.3) is 0 Å². The Bertz CT molecular complexity index is 297. The Kier molecular flexibility index (Phi) is 2.74. The molecule has 0 fully saturated rings. The van der Waals surface area contributed by atoms with Gasteiger partial charge >= 0.3 is 5.97 Å². The first-order chi connectivity index (χ1) is 6.09. The van der Waals surface area contributed by atoms with Crippen LogP contribution in [0.25, 0.3) is 0 Å². The molecule has 1 unspecified atom stereocenters. The second kappa shape index (κ2) is 3.80. The van der Waals surface area contributed by atoms with E-state index >= 15 is 0 Å². The van der Waals surface area contributed by atoms with Crippen molar-refractivity contribution in [2.45, 2.75) is 6.42 Å². The van der Waals surface area contributed by atoms with Crippen LogP contribution in [0.15, 0.2) is 35.8 Å². The molecule has 1 atom stereocenters. The van der Waals surface area contributed by atoms with E-state index in [2.05, 4.69) is 0 Å². The summed E-state index contributed by atoms with van der Waals surface area (Å²) < 4.78 is 0. The molecule has 0 saturated carbocycles. The highest BCUT2D eigenvalue weighted by Gasteiger charge is 2.12. The van der Waals surface area contributed by atoms with Crippen LogP contribution in [0.5, 0.6) is 0 Å². The fraction of sp³-hybridized carbons (Fsp3) is 0.222. The summed E-state index contributed by atoms with van der Waals surface area (Å²) in [5.74, 6) is -1.44. The molecule has 0 bridgehead atoms. The molecule has 3 N–H and O–H groups in total. The highest BCUT2D eigenvalue weighted by molar-refractivity contribution is 5.79. The van der Waals surface area contributed by atoms with Crippen LogP contribution in [0, 0.1) is 5.92 Å². The molecule has 0 heterocycles. The molecule has 0 amide bonds. The van der Waals surface area contributed by atoms with Crippen LogP contribution in [-0.4, -0.2) is 21.3 Å². The monoisotopic (exact) mass is 182 g/mol. The highest BCUT2D eigenvalue weighted by atomic mass is 16.4. The summed E-state index contributed by atoms with van der Waals surface area (Å²) in [4.78, 5) is 10.2. The van der Waals surface area contributed by atoms with Crippen molar-refractivity contribution < 1.29 is 20.1 Å². The van der Waals surface area contributed by atoms with Crippen LogP contribution >= 0.6 is 0 Å². The van der Waals surface area contributed by atoms with E-state index < -0.39 is 5.97 Å². The summed E-state index contributed by atoms with van der Waals surface area (Å²) in [5, 5.41) is 26.4. The van der Waals surface area contributed by atoms with E-state index in [4.69, 9.17) is 15.3 Å². The second-order valence-electron chi connectivity index (χ2n) is 2.76. The number of aliphatic carboxylic acids is 1. The van der Waals surface area contributed by atoms with Gasteiger partial charge in [-0.1, -0.05) is 12.2 Å². The van der Waals surface area contributed by atoms with E-state index in [0.717, 1.165) is 6.08 Å². The lowest BCUT2D eigenvalue weighted by molar-refractivity contribution is -0.131. The van der Waals surface area contributed by atoms with Gasteiger partial charge in [-0.3, -0.25) is 0 Å². The number of allylic oxidation sites excluding steroid dienone is 4. The Morgan fingerprint density at radius 1 is 1.54 bits per heavy atom. The van der Waals surface area contributed by atoms with Crippen molar-refractivity contribution in [1.29, 1.82) is 0 Å². The molecule has 1 aliphatic rings. The van der Waals surface area contributed by atoms with E-state index in [1.807, 2.05) is 0 Å². The van der Waals surface area contributed by atoms with E-state index in [9.17, 15) is 4.79 Å². The number of rotatable bonds is 2. The van der Waals surface area contributed by atoms with Gasteiger partial charge < -0.3 is 15.3 Å². The molecule has 4 heteroatoms. The predicted octanol–water partition coefficient (Wildman–Crippen LogP) is 1.53. The lowest BCUT2D eigenvalue weighted by Crippen LogP contribution is -2.03. The molecule has 0 aromatic rings. The minimum absolute atomic E-state index is 0.109. The summed E-state index contributed by atoms with van der Waals surface area (Å²) >= 11 is 0. The van der Waals surface area contributed by atoms with Gasteiger partial charge in [0.15, 0.2) is 5.76 Å². The van der Waals surface area contributed by atoms with Gasteiger partial charge in [-0.15, -0.1) is 0 Å². The molecule has 0 saturated heterocycles. The van der Waals surface area contributed by atoms with E-state index in [1.54, 1.807) is 6.08 Å². The molecule has 0 aromatic heterocycles. The van der Waals surface area contributed by atoms with Gasteiger partial charge in [0.1, 0.15) is 5.76 Å². The Hall–Kier alpha value is -1.71. The third kappa shape index (κ3) is 2.66. The number of carboxylic acids is 1. The Morgan fingerprint density at radius 3 is 2.77 bits per heavy atom. The molecule has 70 valence electrons. The van der Waals surface area contributed by atoms with Gasteiger partial charge in [-0.25, -0.2) is 4.79 Å². The zero-order valence-electron chi connectivity index (χ0n) is 6.84. The second-order valence-corrected chi connectivity index (χ2v) is 2.76. The maximum Gasteiger partial charge on any atom is 0.327 e. The zero-order valence-corrected chi connectivity index (χ0v) is 6.84. The molecular formula is C9H10O4. The smallest absolute Gasteiger partial charge is 0.327 e. The number of carboxylic acid groups (broad SMARTS) is 1. The number of aliphatic hydroxyl groups is 2. The summed E-state index contributed by atoms with van der Waals surface area (Å²) in [6, 6.07) is 0. The van der Waals surface area contributed by atoms with Gasteiger partial charge in [-0.05, 0) is 6.08 Å². The van der Waals surface area contributed by atoms with Crippen LogP contribution in [-0.2, 0) is 4.79 Å². The van der Waals surface area contributed by atoms with Crippen LogP contribution in [0.3, 0.4) is 0 Å². The van der Waals surface area contributed by atoms with Gasteiger partial charge in [0, 0.05) is 18.4 Å². The van der Waals surface area contributed by atoms with Crippen molar-refractivity contribution in [3.63, 3.8) is 0 Å². The van der Waals surface area contributed by atoms with Crippen molar-refractivity contribution in [3.8, 4) is 0 Å². The van der Waals surface area contributed by atoms with Crippen molar-refractivity contribution in [2.24, 2.45) is 5.92 Å². The molecule has 0 spiro atoms. The van der Waals surface area contributed by atoms with E-state index in [1.165, 1.54) is 12.2 Å². The van der Waals surface area contributed by atoms with Gasteiger partial charge in [-0.2, -0.15) is 0 Å². The summed E-state index contributed by atoms with van der Waals surface area (Å²) in [6.07, 6.45) is 5.71. The average molecular weight is 182 g/mol. The summed E-state index contributed by atoms with van der Waals surface area (Å²) in [5.41, 5.74) is 0. The molecule has 13 heavy (non-hydrogen) atoms. The maximum atomic E-state index is 10.2. The van der Waals surface area contributed by atoms with E-state index in [0.29, 0.717) is 0 Å². The lowest BCUT2D eigenvalue weighted by atomic mass is 9.98. The van der Waals surface area contributed by atoms with E-state index in [-0.39, 0.29) is 23.9 Å². The Labute approximate surface area is 75.1 Å². The Morgan fingerprint density at radius 2 is 2.23 bits per heavy atom. The molecule has 0 aromatic carbocycles. The van der Waals surface area contributed by atoms with Crippen LogP contribution in [0.2, 0.25) is 0 Å². The standard InChI is InChI=1S/C9H10O4/c10-7-3-1-6(5-8(7)11)2-4-9(12)13/h1-4,6,10-11H,5H2,(H,12,13). The molecule has 0 radical (unpaired) electrons. The maximum absolute atomic E-state index is 10.2. The normalized spacial score (nSPS) is 22.6. The van der Waals surface area contributed by atoms with Gasteiger partial charge in [0.05, 0.1) is 0 Å². The fourth-order valence-electron chi connectivity index (χ4n) is 1.04. The first kappa shape index (κ1) is 9.38. The van der Waals surface area contributed by atoms with Crippen LogP contribution < -0.4 is 0 Å². The van der Waals surface area contributed by atoms with Crippen LogP contribution in [0.1, 0.15) is 6.42 Å². The molecule has 1 aliphatic carbocycles. The summed E-state index contributed by atoms with van der Waals surface area (Å²) in [6.45, 7) is 0. The first-order valence-corrected chi connectivity index (χ1v) is 3.80. The SMILES string of the molecule is O=C(O)C=CC1C=CC(O)=C(O)C1. The third-order valence-corrected chi connectivity index (χ3v) is 1.71. The zero-order chi connectivity index (χ0) is 9.84. The van der Waals surface area contributed by atoms with Crippen molar-refractivity contribution >= 4 is 5.97 Å². The van der Waals surface area contributed by atoms with Crippen molar-refractivity contribution in [3.05, 3.63) is 35.8 Å². The minimum atomic E-state index is -1.02. The number of hydrogen-bond acceptors (Lipinski definition) is 3. The fourth-order valence-corrected chi connectivity index (χ4v) is 1.04. The average Bonchev–Trinajstić information content (AvgIpc) is 2.07. The van der Waals surface area contributed by atoms with Crippen LogP contribution in [0.4, 0.5) is 0 Å². The van der Waals surface area contributed by atoms with Crippen molar-refractivity contribution in [2.75, 3.05) is 0 Å². The predicted molar refractivity (Wildman–Crippen MR) is 46.3 cm³/mol. The lowest BCUT2D eigenvalue weighted by Gasteiger charge is -2.12. The molecular weight excluding hydrogens is 172 g/mol.